The zero-order valence-electron chi connectivity index (χ0n) is 7.06. The lowest BCUT2D eigenvalue weighted by molar-refractivity contribution is 0.0954. The van der Waals surface area contributed by atoms with E-state index in [0.717, 1.165) is 0 Å². The van der Waals surface area contributed by atoms with Gasteiger partial charge in [0.25, 0.3) is 5.91 Å². The first-order valence-electron chi connectivity index (χ1n) is 4.22. The van der Waals surface area contributed by atoms with Crippen molar-refractivity contribution in [2.24, 2.45) is 11.0 Å². The molecule has 0 bridgehead atoms. The highest BCUT2D eigenvalue weighted by Gasteiger charge is 2.18. The maximum atomic E-state index is 11.2. The SMILES string of the molecule is O=C(N/N=C/C1CC1)c1ccoc1. The van der Waals surface area contributed by atoms with Crippen molar-refractivity contribution in [1.82, 2.24) is 5.43 Å². The molecule has 68 valence electrons. The molecule has 0 saturated heterocycles. The Morgan fingerprint density at radius 2 is 2.54 bits per heavy atom. The highest BCUT2D eigenvalue weighted by molar-refractivity contribution is 5.93. The molecular formula is C9H10N2O2. The van der Waals surface area contributed by atoms with Crippen molar-refractivity contribution in [3.8, 4) is 0 Å². The van der Waals surface area contributed by atoms with Crippen LogP contribution in [-0.2, 0) is 0 Å². The summed E-state index contributed by atoms with van der Waals surface area (Å²) in [5.41, 5.74) is 2.92. The molecule has 0 spiro atoms. The van der Waals surface area contributed by atoms with E-state index in [9.17, 15) is 4.79 Å². The van der Waals surface area contributed by atoms with Crippen LogP contribution in [0.3, 0.4) is 0 Å². The number of nitrogens with zero attached hydrogens (tertiary/aromatic N) is 1. The molecule has 1 saturated carbocycles. The molecule has 1 fully saturated rings. The van der Waals surface area contributed by atoms with Crippen LogP contribution in [0, 0.1) is 5.92 Å². The number of hydrogen-bond donors (Lipinski definition) is 1. The summed E-state index contributed by atoms with van der Waals surface area (Å²) in [6.45, 7) is 0. The Hall–Kier alpha value is -1.58. The predicted molar refractivity (Wildman–Crippen MR) is 47.4 cm³/mol. The van der Waals surface area contributed by atoms with Crippen molar-refractivity contribution in [2.75, 3.05) is 0 Å². The fraction of sp³-hybridized carbons (Fsp3) is 0.333. The Labute approximate surface area is 75.6 Å². The molecule has 1 heterocycles. The zero-order valence-corrected chi connectivity index (χ0v) is 7.06. The van der Waals surface area contributed by atoms with Crippen LogP contribution < -0.4 is 5.43 Å². The van der Waals surface area contributed by atoms with Crippen molar-refractivity contribution >= 4 is 12.1 Å². The van der Waals surface area contributed by atoms with Gasteiger partial charge in [0.05, 0.1) is 11.8 Å². The molecule has 1 N–H and O–H groups in total. The van der Waals surface area contributed by atoms with E-state index in [2.05, 4.69) is 10.5 Å². The Balaban J connectivity index is 1.84. The topological polar surface area (TPSA) is 54.6 Å². The van der Waals surface area contributed by atoms with Gasteiger partial charge in [-0.1, -0.05) is 0 Å². The van der Waals surface area contributed by atoms with Crippen LogP contribution in [0.5, 0.6) is 0 Å². The summed E-state index contributed by atoms with van der Waals surface area (Å²) in [4.78, 5) is 11.2. The van der Waals surface area contributed by atoms with Gasteiger partial charge in [-0.3, -0.25) is 4.79 Å². The van der Waals surface area contributed by atoms with E-state index in [1.165, 1.54) is 25.4 Å². The number of hydrazone groups is 1. The summed E-state index contributed by atoms with van der Waals surface area (Å²) in [5, 5.41) is 3.82. The largest absolute Gasteiger partial charge is 0.472 e. The lowest BCUT2D eigenvalue weighted by atomic mass is 10.3. The fourth-order valence-corrected chi connectivity index (χ4v) is 0.905. The molecule has 0 radical (unpaired) electrons. The van der Waals surface area contributed by atoms with Crippen molar-refractivity contribution in [3.05, 3.63) is 24.2 Å². The normalized spacial score (nSPS) is 16.3. The van der Waals surface area contributed by atoms with Gasteiger partial charge in [0, 0.05) is 6.21 Å². The first kappa shape index (κ1) is 8.04. The number of furan rings is 1. The second-order valence-corrected chi connectivity index (χ2v) is 3.07. The fourth-order valence-electron chi connectivity index (χ4n) is 0.905. The average molecular weight is 178 g/mol. The summed E-state index contributed by atoms with van der Waals surface area (Å²) < 4.78 is 4.76. The molecule has 4 heteroatoms. The number of hydrogen-bond acceptors (Lipinski definition) is 3. The molecule has 0 atom stereocenters. The summed E-state index contributed by atoms with van der Waals surface area (Å²) in [6.07, 6.45) is 7.00. The lowest BCUT2D eigenvalue weighted by Crippen LogP contribution is -2.16. The van der Waals surface area contributed by atoms with Crippen molar-refractivity contribution < 1.29 is 9.21 Å². The van der Waals surface area contributed by atoms with E-state index >= 15 is 0 Å². The summed E-state index contributed by atoms with van der Waals surface area (Å²) >= 11 is 0. The van der Waals surface area contributed by atoms with E-state index in [-0.39, 0.29) is 5.91 Å². The zero-order chi connectivity index (χ0) is 9.10. The molecule has 1 aliphatic rings. The molecule has 1 amide bonds. The van der Waals surface area contributed by atoms with Crippen LogP contribution >= 0.6 is 0 Å². The molecule has 1 aromatic heterocycles. The van der Waals surface area contributed by atoms with Gasteiger partial charge in [0.1, 0.15) is 6.26 Å². The van der Waals surface area contributed by atoms with E-state index in [0.29, 0.717) is 11.5 Å². The molecule has 1 aliphatic carbocycles. The minimum absolute atomic E-state index is 0.231. The Kier molecular flexibility index (Phi) is 2.12. The van der Waals surface area contributed by atoms with E-state index < -0.39 is 0 Å². The number of carbonyl (C=O) groups is 1. The van der Waals surface area contributed by atoms with Crippen LogP contribution in [0.2, 0.25) is 0 Å². The smallest absolute Gasteiger partial charge is 0.274 e. The Morgan fingerprint density at radius 3 is 3.15 bits per heavy atom. The van der Waals surface area contributed by atoms with Crippen LogP contribution in [-0.4, -0.2) is 12.1 Å². The van der Waals surface area contributed by atoms with Gasteiger partial charge in [0.15, 0.2) is 0 Å². The monoisotopic (exact) mass is 178 g/mol. The first-order valence-corrected chi connectivity index (χ1v) is 4.22. The molecule has 0 unspecified atom stereocenters. The molecule has 1 aromatic rings. The van der Waals surface area contributed by atoms with E-state index in [1.54, 1.807) is 12.3 Å². The number of rotatable bonds is 3. The van der Waals surface area contributed by atoms with Gasteiger partial charge in [-0.05, 0) is 24.8 Å². The molecule has 13 heavy (non-hydrogen) atoms. The molecule has 0 aromatic carbocycles. The first-order chi connectivity index (χ1) is 6.36. The Morgan fingerprint density at radius 1 is 1.69 bits per heavy atom. The minimum atomic E-state index is -0.231. The third-order valence-electron chi connectivity index (χ3n) is 1.86. The van der Waals surface area contributed by atoms with Gasteiger partial charge < -0.3 is 4.42 Å². The van der Waals surface area contributed by atoms with Crippen molar-refractivity contribution in [3.63, 3.8) is 0 Å². The highest BCUT2D eigenvalue weighted by Crippen LogP contribution is 2.25. The second kappa shape index (κ2) is 3.43. The van der Waals surface area contributed by atoms with Crippen LogP contribution in [0.15, 0.2) is 28.1 Å². The third kappa shape index (κ3) is 2.18. The van der Waals surface area contributed by atoms with E-state index in [1.807, 2.05) is 0 Å². The Bertz CT molecular complexity index is 312. The van der Waals surface area contributed by atoms with Crippen molar-refractivity contribution in [2.45, 2.75) is 12.8 Å². The minimum Gasteiger partial charge on any atom is -0.472 e. The van der Waals surface area contributed by atoms with Gasteiger partial charge in [-0.2, -0.15) is 5.10 Å². The van der Waals surface area contributed by atoms with Crippen LogP contribution in [0.25, 0.3) is 0 Å². The number of carbonyl (C=O) groups excluding carboxylic acids is 1. The maximum absolute atomic E-state index is 11.2. The van der Waals surface area contributed by atoms with Gasteiger partial charge in [-0.15, -0.1) is 0 Å². The lowest BCUT2D eigenvalue weighted by Gasteiger charge is -1.93. The van der Waals surface area contributed by atoms with Crippen molar-refractivity contribution in [1.29, 1.82) is 0 Å². The summed E-state index contributed by atoms with van der Waals surface area (Å²) in [5.74, 6) is 0.343. The van der Waals surface area contributed by atoms with Crippen LogP contribution in [0.1, 0.15) is 23.2 Å². The average Bonchev–Trinajstić information content (AvgIpc) is 2.80. The van der Waals surface area contributed by atoms with Gasteiger partial charge in [0.2, 0.25) is 0 Å². The standard InChI is InChI=1S/C9H10N2O2/c12-9(8-3-4-13-6-8)11-10-5-7-1-2-7/h3-7H,1-2H2,(H,11,12)/b10-5+. The predicted octanol–water partition coefficient (Wildman–Crippen LogP) is 1.41. The molecule has 4 nitrogen and oxygen atoms in total. The van der Waals surface area contributed by atoms with Gasteiger partial charge >= 0.3 is 0 Å². The number of amides is 1. The summed E-state index contributed by atoms with van der Waals surface area (Å²) in [7, 11) is 0. The number of nitrogens with one attached hydrogen (secondary N) is 1. The van der Waals surface area contributed by atoms with Gasteiger partial charge in [-0.25, -0.2) is 5.43 Å². The molecule has 0 aliphatic heterocycles. The van der Waals surface area contributed by atoms with Crippen LogP contribution in [0.4, 0.5) is 0 Å². The maximum Gasteiger partial charge on any atom is 0.274 e. The third-order valence-corrected chi connectivity index (χ3v) is 1.86. The van der Waals surface area contributed by atoms with E-state index in [4.69, 9.17) is 4.42 Å². The quantitative estimate of drug-likeness (QED) is 0.562. The summed E-state index contributed by atoms with van der Waals surface area (Å²) in [6, 6.07) is 1.60. The highest BCUT2D eigenvalue weighted by atomic mass is 16.3. The molecular weight excluding hydrogens is 168 g/mol. The molecule has 2 rings (SSSR count). The second-order valence-electron chi connectivity index (χ2n) is 3.07.